The molecule has 1 saturated heterocycles. The number of fused-ring (bicyclic) bond motifs is 1. The average Bonchev–Trinajstić information content (AvgIpc) is 3.15. The lowest BCUT2D eigenvalue weighted by Gasteiger charge is -2.36. The molecule has 2 aromatic carbocycles. The first-order valence-electron chi connectivity index (χ1n) is 8.69. The Labute approximate surface area is 159 Å². The maximum absolute atomic E-state index is 12.7. The first-order chi connectivity index (χ1) is 13.4. The van der Waals surface area contributed by atoms with Crippen molar-refractivity contribution in [1.29, 1.82) is 0 Å². The van der Waals surface area contributed by atoms with Gasteiger partial charge >= 0.3 is 6.36 Å². The summed E-state index contributed by atoms with van der Waals surface area (Å²) in [5.74, 6) is 0.838. The molecular weight excluding hydrogens is 377 g/mol. The van der Waals surface area contributed by atoms with Crippen molar-refractivity contribution in [2.45, 2.75) is 6.36 Å². The molecule has 0 saturated carbocycles. The summed E-state index contributed by atoms with van der Waals surface area (Å²) in [7, 11) is 0. The van der Waals surface area contributed by atoms with Gasteiger partial charge < -0.3 is 24.0 Å². The van der Waals surface area contributed by atoms with Gasteiger partial charge in [0.25, 0.3) is 5.91 Å². The number of hydrogen-bond acceptors (Lipinski definition) is 5. The number of amides is 1. The number of carbonyl (C=O) groups excluding carboxylic acids is 1. The highest BCUT2D eigenvalue weighted by molar-refractivity contribution is 5.95. The second-order valence-corrected chi connectivity index (χ2v) is 6.39. The highest BCUT2D eigenvalue weighted by Gasteiger charge is 2.31. The lowest BCUT2D eigenvalue weighted by molar-refractivity contribution is -0.274. The lowest BCUT2D eigenvalue weighted by Crippen LogP contribution is -2.48. The highest BCUT2D eigenvalue weighted by atomic mass is 19.4. The van der Waals surface area contributed by atoms with E-state index in [1.54, 1.807) is 35.2 Å². The number of hydrogen-bond donors (Lipinski definition) is 0. The van der Waals surface area contributed by atoms with Crippen LogP contribution in [0.3, 0.4) is 0 Å². The zero-order chi connectivity index (χ0) is 19.7. The standard InChI is InChI=1S/C19H17F3N2O4/c20-19(21,22)28-15-4-2-14(3-5-15)23-7-9-24(10-8-23)18(25)13-1-6-16-17(11-13)27-12-26-16/h1-6,11H,7-10,12H2. The molecule has 0 spiro atoms. The Morgan fingerprint density at radius 1 is 0.929 bits per heavy atom. The van der Waals surface area contributed by atoms with Crippen LogP contribution in [0.2, 0.25) is 0 Å². The molecule has 0 atom stereocenters. The zero-order valence-electron chi connectivity index (χ0n) is 14.7. The van der Waals surface area contributed by atoms with Crippen molar-refractivity contribution in [3.05, 3.63) is 48.0 Å². The fourth-order valence-corrected chi connectivity index (χ4v) is 3.24. The van der Waals surface area contributed by atoms with E-state index in [2.05, 4.69) is 4.74 Å². The van der Waals surface area contributed by atoms with Crippen LogP contribution in [-0.4, -0.2) is 50.1 Å². The van der Waals surface area contributed by atoms with Crippen LogP contribution in [0.4, 0.5) is 18.9 Å². The number of ether oxygens (including phenoxy) is 3. The SMILES string of the molecule is O=C(c1ccc2c(c1)OCO2)N1CCN(c2ccc(OC(F)(F)F)cc2)CC1. The number of benzene rings is 2. The Bertz CT molecular complexity index is 862. The van der Waals surface area contributed by atoms with E-state index in [9.17, 15) is 18.0 Å². The molecule has 0 aliphatic carbocycles. The third-order valence-electron chi connectivity index (χ3n) is 4.62. The molecule has 6 nitrogen and oxygen atoms in total. The van der Waals surface area contributed by atoms with Gasteiger partial charge in [0, 0.05) is 37.4 Å². The van der Waals surface area contributed by atoms with Gasteiger partial charge in [0.2, 0.25) is 6.79 Å². The maximum Gasteiger partial charge on any atom is 0.573 e. The van der Waals surface area contributed by atoms with Crippen molar-refractivity contribution in [1.82, 2.24) is 4.90 Å². The van der Waals surface area contributed by atoms with E-state index >= 15 is 0 Å². The maximum atomic E-state index is 12.7. The number of nitrogens with zero attached hydrogens (tertiary/aromatic N) is 2. The summed E-state index contributed by atoms with van der Waals surface area (Å²) in [5, 5.41) is 0. The van der Waals surface area contributed by atoms with Gasteiger partial charge in [-0.3, -0.25) is 4.79 Å². The van der Waals surface area contributed by atoms with E-state index in [1.807, 2.05) is 4.90 Å². The number of halogens is 3. The first-order valence-corrected chi connectivity index (χ1v) is 8.69. The molecule has 2 aromatic rings. The van der Waals surface area contributed by atoms with Crippen LogP contribution in [0.1, 0.15) is 10.4 Å². The third-order valence-corrected chi connectivity index (χ3v) is 4.62. The molecule has 28 heavy (non-hydrogen) atoms. The summed E-state index contributed by atoms with van der Waals surface area (Å²) >= 11 is 0. The first kappa shape index (κ1) is 18.3. The Hall–Kier alpha value is -3.10. The summed E-state index contributed by atoms with van der Waals surface area (Å²) in [6.07, 6.45) is -4.71. The number of piperazine rings is 1. The highest BCUT2D eigenvalue weighted by Crippen LogP contribution is 2.33. The normalized spacial score (nSPS) is 16.2. The average molecular weight is 394 g/mol. The third kappa shape index (κ3) is 3.92. The summed E-state index contributed by atoms with van der Waals surface area (Å²) in [5.41, 5.74) is 1.32. The van der Waals surface area contributed by atoms with E-state index in [0.717, 1.165) is 5.69 Å². The molecule has 9 heteroatoms. The summed E-state index contributed by atoms with van der Waals surface area (Å²) in [4.78, 5) is 16.5. The monoisotopic (exact) mass is 394 g/mol. The van der Waals surface area contributed by atoms with Crippen LogP contribution in [0.25, 0.3) is 0 Å². The lowest BCUT2D eigenvalue weighted by atomic mass is 10.1. The summed E-state index contributed by atoms with van der Waals surface area (Å²) in [6.45, 7) is 2.33. The Morgan fingerprint density at radius 2 is 1.61 bits per heavy atom. The molecule has 4 rings (SSSR count). The number of alkyl halides is 3. The van der Waals surface area contributed by atoms with Crippen molar-refractivity contribution in [2.24, 2.45) is 0 Å². The minimum absolute atomic E-state index is 0.0909. The molecule has 0 unspecified atom stereocenters. The summed E-state index contributed by atoms with van der Waals surface area (Å²) in [6, 6.07) is 10.8. The molecule has 0 bridgehead atoms. The zero-order valence-corrected chi connectivity index (χ0v) is 14.7. The Morgan fingerprint density at radius 3 is 2.29 bits per heavy atom. The van der Waals surface area contributed by atoms with Crippen molar-refractivity contribution in [3.8, 4) is 17.2 Å². The van der Waals surface area contributed by atoms with Crippen molar-refractivity contribution >= 4 is 11.6 Å². The molecule has 0 radical (unpaired) electrons. The van der Waals surface area contributed by atoms with Gasteiger partial charge in [0.05, 0.1) is 0 Å². The fourth-order valence-electron chi connectivity index (χ4n) is 3.24. The van der Waals surface area contributed by atoms with Crippen LogP contribution in [0.15, 0.2) is 42.5 Å². The van der Waals surface area contributed by atoms with Crippen LogP contribution in [0, 0.1) is 0 Å². The van der Waals surface area contributed by atoms with Gasteiger partial charge in [0.15, 0.2) is 11.5 Å². The molecule has 2 heterocycles. The predicted molar refractivity (Wildman–Crippen MR) is 93.8 cm³/mol. The molecule has 2 aliphatic heterocycles. The van der Waals surface area contributed by atoms with Gasteiger partial charge in [-0.2, -0.15) is 0 Å². The molecule has 0 N–H and O–H groups in total. The largest absolute Gasteiger partial charge is 0.573 e. The van der Waals surface area contributed by atoms with Gasteiger partial charge in [-0.15, -0.1) is 13.2 Å². The minimum Gasteiger partial charge on any atom is -0.454 e. The van der Waals surface area contributed by atoms with Gasteiger partial charge in [0.1, 0.15) is 5.75 Å². The van der Waals surface area contributed by atoms with Crippen molar-refractivity contribution in [2.75, 3.05) is 37.9 Å². The van der Waals surface area contributed by atoms with Crippen LogP contribution < -0.4 is 19.1 Å². The van der Waals surface area contributed by atoms with Crippen LogP contribution >= 0.6 is 0 Å². The van der Waals surface area contributed by atoms with Gasteiger partial charge in [-0.05, 0) is 42.5 Å². The van der Waals surface area contributed by atoms with Gasteiger partial charge in [-0.1, -0.05) is 0 Å². The Balaban J connectivity index is 1.36. The van der Waals surface area contributed by atoms with E-state index in [0.29, 0.717) is 43.2 Å². The van der Waals surface area contributed by atoms with Crippen LogP contribution in [0.5, 0.6) is 17.2 Å². The molecule has 2 aliphatic rings. The Kier molecular flexibility index (Phi) is 4.66. The number of anilines is 1. The second kappa shape index (κ2) is 7.14. The number of carbonyl (C=O) groups is 1. The molecule has 0 aromatic heterocycles. The van der Waals surface area contributed by atoms with Crippen molar-refractivity contribution < 1.29 is 32.2 Å². The van der Waals surface area contributed by atoms with Crippen LogP contribution in [-0.2, 0) is 0 Å². The van der Waals surface area contributed by atoms with E-state index in [-0.39, 0.29) is 18.4 Å². The van der Waals surface area contributed by atoms with Gasteiger partial charge in [-0.25, -0.2) is 0 Å². The summed E-state index contributed by atoms with van der Waals surface area (Å²) < 4.78 is 51.2. The molecular formula is C19H17F3N2O4. The predicted octanol–water partition coefficient (Wildman–Crippen LogP) is 3.28. The molecule has 148 valence electrons. The number of rotatable bonds is 3. The van der Waals surface area contributed by atoms with E-state index < -0.39 is 6.36 Å². The topological polar surface area (TPSA) is 51.2 Å². The quantitative estimate of drug-likeness (QED) is 0.800. The second-order valence-electron chi connectivity index (χ2n) is 6.39. The minimum atomic E-state index is -4.71. The van der Waals surface area contributed by atoms with E-state index in [4.69, 9.17) is 9.47 Å². The van der Waals surface area contributed by atoms with Crippen molar-refractivity contribution in [3.63, 3.8) is 0 Å². The van der Waals surface area contributed by atoms with E-state index in [1.165, 1.54) is 12.1 Å². The smallest absolute Gasteiger partial charge is 0.454 e. The fraction of sp³-hybridized carbons (Fsp3) is 0.316. The molecule has 1 fully saturated rings. The molecule has 1 amide bonds.